The van der Waals surface area contributed by atoms with Crippen LogP contribution in [0.3, 0.4) is 0 Å². The van der Waals surface area contributed by atoms with Crippen LogP contribution < -0.4 is 9.47 Å². The molecule has 1 N–H and O–H groups in total. The van der Waals surface area contributed by atoms with E-state index in [-0.39, 0.29) is 29.6 Å². The van der Waals surface area contributed by atoms with Crippen molar-refractivity contribution in [2.45, 2.75) is 78.1 Å². The lowest BCUT2D eigenvalue weighted by atomic mass is 9.85. The van der Waals surface area contributed by atoms with E-state index in [1.165, 1.54) is 13.5 Å². The van der Waals surface area contributed by atoms with Crippen LogP contribution in [0.4, 0.5) is 0 Å². The van der Waals surface area contributed by atoms with Crippen molar-refractivity contribution in [3.05, 3.63) is 52.1 Å². The number of aliphatic hydroxyl groups excluding tert-OH is 1. The number of aliphatic hydroxyl groups is 1. The number of methoxy groups -OCH3 is 1. The van der Waals surface area contributed by atoms with E-state index in [1.54, 1.807) is 18.2 Å². The summed E-state index contributed by atoms with van der Waals surface area (Å²) in [6.07, 6.45) is 3.98. The van der Waals surface area contributed by atoms with Crippen LogP contribution in [0.15, 0.2) is 24.3 Å². The highest BCUT2D eigenvalue weighted by Gasteiger charge is 2.51. The molecule has 1 heterocycles. The van der Waals surface area contributed by atoms with Gasteiger partial charge in [-0.25, -0.2) is 9.59 Å². The number of hydrogen-bond acceptors (Lipinski definition) is 7. The zero-order chi connectivity index (χ0) is 26.5. The first-order chi connectivity index (χ1) is 17.6. The lowest BCUT2D eigenvalue weighted by molar-refractivity contribution is -0.0372. The van der Waals surface area contributed by atoms with E-state index in [2.05, 4.69) is 0 Å². The van der Waals surface area contributed by atoms with Crippen LogP contribution in [-0.4, -0.2) is 29.8 Å². The number of carbonyl (C=O) groups excluding carboxylic acids is 2. The molecular weight excluding hydrogens is 472 g/mol. The summed E-state index contributed by atoms with van der Waals surface area (Å²) in [5.41, 5.74) is 1.84. The van der Waals surface area contributed by atoms with Gasteiger partial charge in [-0.15, -0.1) is 0 Å². The molecule has 7 heteroatoms. The first-order valence-corrected chi connectivity index (χ1v) is 13.2. The Labute approximate surface area is 218 Å². The van der Waals surface area contributed by atoms with E-state index >= 15 is 0 Å². The van der Waals surface area contributed by atoms with Crippen LogP contribution in [0.25, 0.3) is 0 Å². The van der Waals surface area contributed by atoms with Crippen LogP contribution in [0.1, 0.15) is 96.4 Å². The Morgan fingerprint density at radius 3 is 2.68 bits per heavy atom. The van der Waals surface area contributed by atoms with Crippen molar-refractivity contribution in [2.24, 2.45) is 17.8 Å². The first kappa shape index (κ1) is 25.6. The molecule has 0 saturated heterocycles. The minimum atomic E-state index is -0.818. The second-order valence-electron chi connectivity index (χ2n) is 11.5. The van der Waals surface area contributed by atoms with Crippen molar-refractivity contribution in [2.75, 3.05) is 7.11 Å². The molecule has 2 aromatic rings. The monoisotopic (exact) mass is 508 g/mol. The molecule has 4 unspecified atom stereocenters. The maximum absolute atomic E-state index is 13.6. The van der Waals surface area contributed by atoms with Gasteiger partial charge in [0, 0.05) is 11.1 Å². The minimum absolute atomic E-state index is 0.0700. The van der Waals surface area contributed by atoms with Gasteiger partial charge in [-0.1, -0.05) is 13.8 Å². The molecule has 2 aromatic carbocycles. The quantitative estimate of drug-likeness (QED) is 0.459. The molecule has 198 valence electrons. The zero-order valence-corrected chi connectivity index (χ0v) is 22.3. The molecule has 0 aromatic heterocycles. The predicted octanol–water partition coefficient (Wildman–Crippen LogP) is 6.28. The average molecular weight is 509 g/mol. The maximum Gasteiger partial charge on any atom is 0.346 e. The van der Waals surface area contributed by atoms with E-state index in [0.717, 1.165) is 24.8 Å². The Morgan fingerprint density at radius 1 is 1.24 bits per heavy atom. The number of benzene rings is 2. The zero-order valence-electron chi connectivity index (χ0n) is 22.3. The molecule has 7 nitrogen and oxygen atoms in total. The fourth-order valence-electron chi connectivity index (χ4n) is 6.41. The van der Waals surface area contributed by atoms with Crippen molar-refractivity contribution < 1.29 is 33.6 Å². The number of ether oxygens (including phenoxy) is 4. The predicted molar refractivity (Wildman–Crippen MR) is 137 cm³/mol. The summed E-state index contributed by atoms with van der Waals surface area (Å²) in [5, 5.41) is 10.8. The van der Waals surface area contributed by atoms with Crippen LogP contribution in [-0.2, 0) is 16.1 Å². The van der Waals surface area contributed by atoms with E-state index in [1.807, 2.05) is 33.8 Å². The highest BCUT2D eigenvalue weighted by molar-refractivity contribution is 5.98. The Kier molecular flexibility index (Phi) is 6.69. The average Bonchev–Trinajstić information content (AvgIpc) is 3.42. The summed E-state index contributed by atoms with van der Waals surface area (Å²) in [7, 11) is 1.45. The smallest absolute Gasteiger partial charge is 0.346 e. The molecule has 2 fully saturated rings. The molecule has 2 aliphatic carbocycles. The summed E-state index contributed by atoms with van der Waals surface area (Å²) in [6.45, 7) is 7.88. The molecule has 4 atom stereocenters. The van der Waals surface area contributed by atoms with Crippen molar-refractivity contribution in [3.63, 3.8) is 0 Å². The minimum Gasteiger partial charge on any atom is -0.495 e. The van der Waals surface area contributed by atoms with Crippen molar-refractivity contribution >= 4 is 11.9 Å². The van der Waals surface area contributed by atoms with E-state index < -0.39 is 23.6 Å². The van der Waals surface area contributed by atoms with Gasteiger partial charge < -0.3 is 24.1 Å². The van der Waals surface area contributed by atoms with Gasteiger partial charge in [0.05, 0.1) is 13.2 Å². The van der Waals surface area contributed by atoms with Gasteiger partial charge in [0.1, 0.15) is 40.6 Å². The van der Waals surface area contributed by atoms with E-state index in [0.29, 0.717) is 40.7 Å². The lowest BCUT2D eigenvalue weighted by Crippen LogP contribution is -2.37. The molecule has 2 saturated carbocycles. The number of esters is 2. The maximum atomic E-state index is 13.6. The van der Waals surface area contributed by atoms with Gasteiger partial charge in [-0.2, -0.15) is 0 Å². The standard InChI is InChI=1S/C30H36O7/c1-16(2)10-23(31)21-8-9-24-25(27(21)34-5)29(33)35-15-19-11-17(3)12-22(26(19)36-24)28(32)37-30(4)14-18-6-7-20(30)13-18/h8-9,11-12,16,18,20,23,31H,6-7,10,13-15H2,1-5H3. The number of carbonyl (C=O) groups is 2. The Morgan fingerprint density at radius 2 is 2.03 bits per heavy atom. The Hall–Kier alpha value is -3.06. The van der Waals surface area contributed by atoms with Crippen molar-refractivity contribution in [1.29, 1.82) is 0 Å². The largest absolute Gasteiger partial charge is 0.495 e. The molecule has 1 aliphatic heterocycles. The third-order valence-corrected chi connectivity index (χ3v) is 8.14. The summed E-state index contributed by atoms with van der Waals surface area (Å²) in [4.78, 5) is 26.7. The summed E-state index contributed by atoms with van der Waals surface area (Å²) in [5.74, 6) is 0.929. The SMILES string of the molecule is COc1c(C(O)CC(C)C)ccc2c1C(=O)OCc1cc(C)cc(C(=O)OC3(C)CC4CCC3C4)c1O2. The highest BCUT2D eigenvalue weighted by Crippen LogP contribution is 2.53. The second kappa shape index (κ2) is 9.67. The number of aryl methyl sites for hydroxylation is 1. The van der Waals surface area contributed by atoms with Crippen LogP contribution in [0.2, 0.25) is 0 Å². The van der Waals surface area contributed by atoms with Crippen LogP contribution in [0, 0.1) is 24.7 Å². The molecule has 0 radical (unpaired) electrons. The van der Waals surface area contributed by atoms with Gasteiger partial charge in [-0.3, -0.25) is 0 Å². The normalized spacial score (nSPS) is 24.9. The van der Waals surface area contributed by atoms with Gasteiger partial charge in [-0.05, 0) is 93.5 Å². The Bertz CT molecular complexity index is 1230. The number of hydrogen-bond donors (Lipinski definition) is 1. The molecule has 0 spiro atoms. The number of fused-ring (bicyclic) bond motifs is 4. The topological polar surface area (TPSA) is 91.3 Å². The van der Waals surface area contributed by atoms with Crippen molar-refractivity contribution in [1.82, 2.24) is 0 Å². The van der Waals surface area contributed by atoms with Gasteiger partial charge in [0.2, 0.25) is 0 Å². The van der Waals surface area contributed by atoms with Crippen LogP contribution >= 0.6 is 0 Å². The van der Waals surface area contributed by atoms with E-state index in [4.69, 9.17) is 18.9 Å². The van der Waals surface area contributed by atoms with Gasteiger partial charge in [0.15, 0.2) is 0 Å². The summed E-state index contributed by atoms with van der Waals surface area (Å²) < 4.78 is 23.7. The molecule has 2 bridgehead atoms. The summed E-state index contributed by atoms with van der Waals surface area (Å²) in [6, 6.07) is 6.93. The molecular formula is C30H36O7. The number of cyclic esters (lactones) is 1. The second-order valence-corrected chi connectivity index (χ2v) is 11.5. The molecule has 3 aliphatic rings. The molecule has 0 amide bonds. The molecule has 5 rings (SSSR count). The summed E-state index contributed by atoms with van der Waals surface area (Å²) >= 11 is 0. The molecule has 37 heavy (non-hydrogen) atoms. The van der Waals surface area contributed by atoms with Crippen LogP contribution in [0.5, 0.6) is 17.2 Å². The fraction of sp³-hybridized carbons (Fsp3) is 0.533. The van der Waals surface area contributed by atoms with Gasteiger partial charge in [0.25, 0.3) is 0 Å². The third-order valence-electron chi connectivity index (χ3n) is 8.14. The number of rotatable bonds is 6. The third kappa shape index (κ3) is 4.70. The first-order valence-electron chi connectivity index (χ1n) is 13.2. The van der Waals surface area contributed by atoms with Gasteiger partial charge >= 0.3 is 11.9 Å². The fourth-order valence-corrected chi connectivity index (χ4v) is 6.41. The van der Waals surface area contributed by atoms with Crippen molar-refractivity contribution in [3.8, 4) is 17.2 Å². The van der Waals surface area contributed by atoms with E-state index in [9.17, 15) is 14.7 Å². The lowest BCUT2D eigenvalue weighted by Gasteiger charge is -2.34. The Balaban J connectivity index is 1.54. The highest BCUT2D eigenvalue weighted by atomic mass is 16.6.